The zero-order valence-corrected chi connectivity index (χ0v) is 16.5. The average molecular weight is 398 g/mol. The van der Waals surface area contributed by atoms with Crippen LogP contribution in [0.1, 0.15) is 27.3 Å². The molecule has 0 saturated carbocycles. The molecular weight excluding hydrogens is 376 g/mol. The van der Waals surface area contributed by atoms with Crippen molar-refractivity contribution in [3.05, 3.63) is 62.3 Å². The Kier molecular flexibility index (Phi) is 5.36. The molecule has 3 aromatic heterocycles. The van der Waals surface area contributed by atoms with Gasteiger partial charge in [-0.05, 0) is 30.9 Å². The van der Waals surface area contributed by atoms with Crippen molar-refractivity contribution < 1.29 is 4.79 Å². The predicted octanol–water partition coefficient (Wildman–Crippen LogP) is 1.67. The molecular formula is C19H22N6O2S. The number of rotatable bonds is 4. The van der Waals surface area contributed by atoms with E-state index in [2.05, 4.69) is 37.7 Å². The average Bonchev–Trinajstić information content (AvgIpc) is 3.27. The Morgan fingerprint density at radius 1 is 1.21 bits per heavy atom. The third kappa shape index (κ3) is 3.90. The van der Waals surface area contributed by atoms with Crippen molar-refractivity contribution in [2.75, 3.05) is 26.2 Å². The summed E-state index contributed by atoms with van der Waals surface area (Å²) in [6.07, 6.45) is 2.53. The minimum atomic E-state index is -0.276. The van der Waals surface area contributed by atoms with Gasteiger partial charge in [0.15, 0.2) is 5.82 Å². The van der Waals surface area contributed by atoms with E-state index in [0.29, 0.717) is 23.6 Å². The number of carbonyl (C=O) groups excluding carboxylic acids is 1. The highest BCUT2D eigenvalue weighted by Crippen LogP contribution is 2.17. The first-order chi connectivity index (χ1) is 13.6. The second-order valence-electron chi connectivity index (χ2n) is 6.84. The van der Waals surface area contributed by atoms with Crippen LogP contribution in [-0.2, 0) is 6.54 Å². The zero-order chi connectivity index (χ0) is 19.5. The van der Waals surface area contributed by atoms with E-state index in [0.717, 1.165) is 32.6 Å². The highest BCUT2D eigenvalue weighted by Gasteiger charge is 2.24. The van der Waals surface area contributed by atoms with E-state index in [-0.39, 0.29) is 11.5 Å². The maximum absolute atomic E-state index is 13.1. The normalized spacial score (nSPS) is 15.5. The number of carbonyl (C=O) groups is 1. The van der Waals surface area contributed by atoms with Crippen molar-refractivity contribution in [3.63, 3.8) is 0 Å². The van der Waals surface area contributed by atoms with E-state index in [1.54, 1.807) is 28.3 Å². The number of aromatic nitrogens is 4. The van der Waals surface area contributed by atoms with E-state index in [1.165, 1.54) is 10.9 Å². The largest absolute Gasteiger partial charge is 0.337 e. The highest BCUT2D eigenvalue weighted by atomic mass is 32.1. The predicted molar refractivity (Wildman–Crippen MR) is 107 cm³/mol. The molecule has 4 rings (SSSR count). The second-order valence-corrected chi connectivity index (χ2v) is 7.87. The molecule has 146 valence electrons. The van der Waals surface area contributed by atoms with Gasteiger partial charge in [-0.25, -0.2) is 9.78 Å². The van der Waals surface area contributed by atoms with E-state index >= 15 is 0 Å². The maximum atomic E-state index is 13.1. The van der Waals surface area contributed by atoms with Gasteiger partial charge in [-0.2, -0.15) is 10.2 Å². The van der Waals surface area contributed by atoms with Crippen molar-refractivity contribution in [1.82, 2.24) is 29.8 Å². The first-order valence-electron chi connectivity index (χ1n) is 9.26. The maximum Gasteiger partial charge on any atom is 0.264 e. The SMILES string of the molecule is Cc1c(C(=O)N2CCCN(Cc3cccs3)CC2)cnn1-c1ccc(=O)[nH]n1. The Balaban J connectivity index is 1.46. The first-order valence-corrected chi connectivity index (χ1v) is 10.1. The summed E-state index contributed by atoms with van der Waals surface area (Å²) in [7, 11) is 0. The van der Waals surface area contributed by atoms with Crippen LogP contribution in [-0.4, -0.2) is 61.9 Å². The van der Waals surface area contributed by atoms with Gasteiger partial charge in [0.25, 0.3) is 11.5 Å². The second kappa shape index (κ2) is 8.07. The minimum absolute atomic E-state index is 0.00820. The fourth-order valence-corrected chi connectivity index (χ4v) is 4.18. The number of amides is 1. The smallest absolute Gasteiger partial charge is 0.264 e. The fraction of sp³-hybridized carbons (Fsp3) is 0.368. The van der Waals surface area contributed by atoms with Crippen molar-refractivity contribution in [3.8, 4) is 5.82 Å². The van der Waals surface area contributed by atoms with Gasteiger partial charge in [0.2, 0.25) is 0 Å². The van der Waals surface area contributed by atoms with E-state index in [4.69, 9.17) is 0 Å². The highest BCUT2D eigenvalue weighted by molar-refractivity contribution is 7.09. The number of hydrogen-bond donors (Lipinski definition) is 1. The summed E-state index contributed by atoms with van der Waals surface area (Å²) in [4.78, 5) is 29.9. The van der Waals surface area contributed by atoms with Crippen molar-refractivity contribution in [2.24, 2.45) is 0 Å². The summed E-state index contributed by atoms with van der Waals surface area (Å²) < 4.78 is 1.57. The molecule has 1 amide bonds. The van der Waals surface area contributed by atoms with E-state index in [1.807, 2.05) is 11.8 Å². The summed E-state index contributed by atoms with van der Waals surface area (Å²) >= 11 is 1.77. The quantitative estimate of drug-likeness (QED) is 0.722. The van der Waals surface area contributed by atoms with Crippen LogP contribution >= 0.6 is 11.3 Å². The molecule has 8 nitrogen and oxygen atoms in total. The molecule has 1 aliphatic heterocycles. The molecule has 0 radical (unpaired) electrons. The van der Waals surface area contributed by atoms with Crippen molar-refractivity contribution in [1.29, 1.82) is 0 Å². The molecule has 9 heteroatoms. The van der Waals surface area contributed by atoms with E-state index < -0.39 is 0 Å². The Bertz CT molecular complexity index is 989. The van der Waals surface area contributed by atoms with Crippen LogP contribution in [0.25, 0.3) is 5.82 Å². The van der Waals surface area contributed by atoms with Crippen LogP contribution in [0.2, 0.25) is 0 Å². The summed E-state index contributed by atoms with van der Waals surface area (Å²) in [5.74, 6) is 0.472. The standard InChI is InChI=1S/C19H22N6O2S/c1-14-16(12-20-25(14)17-5-6-18(26)22-21-17)19(27)24-8-3-7-23(9-10-24)13-15-4-2-11-28-15/h2,4-6,11-12H,3,7-10,13H2,1H3,(H,22,26). The monoisotopic (exact) mass is 398 g/mol. The summed E-state index contributed by atoms with van der Waals surface area (Å²) in [6.45, 7) is 6.06. The lowest BCUT2D eigenvalue weighted by Crippen LogP contribution is -2.35. The van der Waals surface area contributed by atoms with Crippen LogP contribution in [0.15, 0.2) is 40.6 Å². The molecule has 0 aliphatic carbocycles. The summed E-state index contributed by atoms with van der Waals surface area (Å²) in [5.41, 5.74) is 1.01. The minimum Gasteiger partial charge on any atom is -0.337 e. The molecule has 1 N–H and O–H groups in total. The third-order valence-corrected chi connectivity index (χ3v) is 5.82. The number of nitrogens with one attached hydrogen (secondary N) is 1. The summed E-state index contributed by atoms with van der Waals surface area (Å²) in [5, 5.41) is 12.8. The van der Waals surface area contributed by atoms with Crippen molar-refractivity contribution >= 4 is 17.2 Å². The Morgan fingerprint density at radius 3 is 2.86 bits per heavy atom. The van der Waals surface area contributed by atoms with Crippen LogP contribution in [0.3, 0.4) is 0 Å². The first kappa shape index (κ1) is 18.6. The van der Waals surface area contributed by atoms with Gasteiger partial charge in [-0.1, -0.05) is 6.07 Å². The van der Waals surface area contributed by atoms with Crippen molar-refractivity contribution in [2.45, 2.75) is 19.9 Å². The topological polar surface area (TPSA) is 87.1 Å². The Labute approximate surface area is 166 Å². The molecule has 0 spiro atoms. The molecule has 1 aliphatic rings. The summed E-state index contributed by atoms with van der Waals surface area (Å²) in [6, 6.07) is 7.20. The van der Waals surface area contributed by atoms with Gasteiger partial charge in [0.1, 0.15) is 0 Å². The molecule has 0 bridgehead atoms. The Hall–Kier alpha value is -2.78. The number of aromatic amines is 1. The van der Waals surface area contributed by atoms with Gasteiger partial charge in [0.05, 0.1) is 17.5 Å². The van der Waals surface area contributed by atoms with Gasteiger partial charge in [-0.3, -0.25) is 14.5 Å². The Morgan fingerprint density at radius 2 is 2.11 bits per heavy atom. The molecule has 0 unspecified atom stereocenters. The third-order valence-electron chi connectivity index (χ3n) is 4.96. The molecule has 0 aromatic carbocycles. The lowest BCUT2D eigenvalue weighted by molar-refractivity contribution is 0.0760. The molecule has 28 heavy (non-hydrogen) atoms. The molecule has 1 saturated heterocycles. The number of hydrogen-bond acceptors (Lipinski definition) is 6. The van der Waals surface area contributed by atoms with Crippen LogP contribution in [0.5, 0.6) is 0 Å². The fourth-order valence-electron chi connectivity index (χ4n) is 3.43. The number of H-pyrrole nitrogens is 1. The van der Waals surface area contributed by atoms with Gasteiger partial charge in [0, 0.05) is 43.7 Å². The van der Waals surface area contributed by atoms with Gasteiger partial charge >= 0.3 is 0 Å². The van der Waals surface area contributed by atoms with Gasteiger partial charge in [-0.15, -0.1) is 11.3 Å². The van der Waals surface area contributed by atoms with E-state index in [9.17, 15) is 9.59 Å². The molecule has 3 aromatic rings. The molecule has 4 heterocycles. The number of nitrogens with zero attached hydrogens (tertiary/aromatic N) is 5. The van der Waals surface area contributed by atoms with Crippen LogP contribution in [0, 0.1) is 6.92 Å². The number of thiophene rings is 1. The molecule has 0 atom stereocenters. The lowest BCUT2D eigenvalue weighted by atomic mass is 10.2. The lowest BCUT2D eigenvalue weighted by Gasteiger charge is -2.21. The zero-order valence-electron chi connectivity index (χ0n) is 15.7. The van der Waals surface area contributed by atoms with Gasteiger partial charge < -0.3 is 4.90 Å². The molecule has 1 fully saturated rings. The van der Waals surface area contributed by atoms with Crippen LogP contribution < -0.4 is 5.56 Å². The van der Waals surface area contributed by atoms with Crippen LogP contribution in [0.4, 0.5) is 0 Å².